The highest BCUT2D eigenvalue weighted by Gasteiger charge is 2.11. The molecular formula is C12H12BrN3O. The van der Waals surface area contributed by atoms with Crippen LogP contribution in [0.1, 0.15) is 21.6 Å². The number of aromatic nitrogens is 2. The van der Waals surface area contributed by atoms with E-state index in [1.807, 2.05) is 26.0 Å². The Morgan fingerprint density at radius 3 is 2.82 bits per heavy atom. The monoisotopic (exact) mass is 293 g/mol. The minimum Gasteiger partial charge on any atom is -0.305 e. The molecule has 0 saturated heterocycles. The van der Waals surface area contributed by atoms with Crippen molar-refractivity contribution in [2.75, 3.05) is 5.32 Å². The number of aromatic amines is 1. The molecule has 0 aliphatic heterocycles. The van der Waals surface area contributed by atoms with E-state index < -0.39 is 0 Å². The summed E-state index contributed by atoms with van der Waals surface area (Å²) >= 11 is 3.40. The molecule has 0 atom stereocenters. The molecule has 1 heterocycles. The molecule has 4 nitrogen and oxygen atoms in total. The molecule has 2 N–H and O–H groups in total. The van der Waals surface area contributed by atoms with Crippen LogP contribution in [-0.4, -0.2) is 16.1 Å². The number of H-pyrrole nitrogens is 1. The van der Waals surface area contributed by atoms with Gasteiger partial charge >= 0.3 is 0 Å². The summed E-state index contributed by atoms with van der Waals surface area (Å²) in [6.45, 7) is 3.78. The second-order valence-electron chi connectivity index (χ2n) is 3.80. The molecular weight excluding hydrogens is 282 g/mol. The average molecular weight is 294 g/mol. The quantitative estimate of drug-likeness (QED) is 0.894. The van der Waals surface area contributed by atoms with Crippen LogP contribution >= 0.6 is 15.9 Å². The van der Waals surface area contributed by atoms with E-state index in [0.717, 1.165) is 15.7 Å². The number of nitrogens with zero attached hydrogens (tertiary/aromatic N) is 1. The third-order valence-electron chi connectivity index (χ3n) is 2.46. The van der Waals surface area contributed by atoms with Crippen LogP contribution in [0.15, 0.2) is 28.7 Å². The van der Waals surface area contributed by atoms with Gasteiger partial charge in [-0.25, -0.2) is 0 Å². The zero-order valence-electron chi connectivity index (χ0n) is 9.54. The Kier molecular flexibility index (Phi) is 3.28. The lowest BCUT2D eigenvalue weighted by atomic mass is 10.1. The fourth-order valence-electron chi connectivity index (χ4n) is 1.52. The molecule has 1 aromatic carbocycles. The van der Waals surface area contributed by atoms with E-state index in [9.17, 15) is 4.79 Å². The first-order valence-electron chi connectivity index (χ1n) is 5.16. The Balaban J connectivity index is 2.23. The van der Waals surface area contributed by atoms with Crippen molar-refractivity contribution >= 4 is 27.7 Å². The van der Waals surface area contributed by atoms with E-state index in [1.54, 1.807) is 12.1 Å². The van der Waals surface area contributed by atoms with Crippen LogP contribution in [0.25, 0.3) is 0 Å². The maximum Gasteiger partial charge on any atom is 0.257 e. The van der Waals surface area contributed by atoms with Gasteiger partial charge in [-0.2, -0.15) is 5.10 Å². The van der Waals surface area contributed by atoms with Crippen LogP contribution in [0.5, 0.6) is 0 Å². The molecule has 88 valence electrons. The molecule has 1 amide bonds. The molecule has 0 spiro atoms. The SMILES string of the molecule is Cc1cc(NC(=O)c2cccc(Br)c2C)n[nH]1. The van der Waals surface area contributed by atoms with Crippen molar-refractivity contribution in [1.82, 2.24) is 10.2 Å². The van der Waals surface area contributed by atoms with Gasteiger partial charge in [0.25, 0.3) is 5.91 Å². The maximum atomic E-state index is 12.0. The zero-order valence-corrected chi connectivity index (χ0v) is 11.1. The van der Waals surface area contributed by atoms with E-state index in [0.29, 0.717) is 11.4 Å². The summed E-state index contributed by atoms with van der Waals surface area (Å²) in [5.41, 5.74) is 2.46. The number of carbonyl (C=O) groups excluding carboxylic acids is 1. The summed E-state index contributed by atoms with van der Waals surface area (Å²) in [6.07, 6.45) is 0. The fourth-order valence-corrected chi connectivity index (χ4v) is 1.89. The van der Waals surface area contributed by atoms with Crippen LogP contribution in [-0.2, 0) is 0 Å². The lowest BCUT2D eigenvalue weighted by Crippen LogP contribution is -2.13. The lowest BCUT2D eigenvalue weighted by Gasteiger charge is -2.06. The predicted molar refractivity (Wildman–Crippen MR) is 70.2 cm³/mol. The molecule has 17 heavy (non-hydrogen) atoms. The van der Waals surface area contributed by atoms with Crippen LogP contribution in [0.2, 0.25) is 0 Å². The number of aryl methyl sites for hydroxylation is 1. The molecule has 2 aromatic rings. The molecule has 0 fully saturated rings. The molecule has 1 aromatic heterocycles. The number of benzene rings is 1. The van der Waals surface area contributed by atoms with E-state index >= 15 is 0 Å². The number of amides is 1. The van der Waals surface area contributed by atoms with Crippen molar-refractivity contribution in [3.8, 4) is 0 Å². The number of hydrogen-bond acceptors (Lipinski definition) is 2. The maximum absolute atomic E-state index is 12.0. The van der Waals surface area contributed by atoms with Gasteiger partial charge in [-0.1, -0.05) is 22.0 Å². The number of carbonyl (C=O) groups is 1. The lowest BCUT2D eigenvalue weighted by molar-refractivity contribution is 0.102. The van der Waals surface area contributed by atoms with Crippen LogP contribution in [0.3, 0.4) is 0 Å². The third kappa shape index (κ3) is 2.55. The van der Waals surface area contributed by atoms with Gasteiger partial charge in [0.05, 0.1) is 0 Å². The smallest absolute Gasteiger partial charge is 0.257 e. The number of nitrogens with one attached hydrogen (secondary N) is 2. The Bertz CT molecular complexity index is 563. The van der Waals surface area contributed by atoms with Crippen LogP contribution in [0, 0.1) is 13.8 Å². The fraction of sp³-hybridized carbons (Fsp3) is 0.167. The summed E-state index contributed by atoms with van der Waals surface area (Å²) in [5, 5.41) is 9.49. The summed E-state index contributed by atoms with van der Waals surface area (Å²) in [5.74, 6) is 0.377. The van der Waals surface area contributed by atoms with Crippen molar-refractivity contribution in [2.24, 2.45) is 0 Å². The number of anilines is 1. The normalized spacial score (nSPS) is 10.3. The van der Waals surface area contributed by atoms with E-state index in [2.05, 4.69) is 31.4 Å². The molecule has 0 unspecified atom stereocenters. The average Bonchev–Trinajstić information content (AvgIpc) is 2.68. The van der Waals surface area contributed by atoms with Gasteiger partial charge in [0, 0.05) is 21.8 Å². The van der Waals surface area contributed by atoms with Gasteiger partial charge in [0.2, 0.25) is 0 Å². The highest BCUT2D eigenvalue weighted by molar-refractivity contribution is 9.10. The van der Waals surface area contributed by atoms with Gasteiger partial charge < -0.3 is 5.32 Å². The van der Waals surface area contributed by atoms with Crippen molar-refractivity contribution in [3.63, 3.8) is 0 Å². The molecule has 5 heteroatoms. The van der Waals surface area contributed by atoms with E-state index in [1.165, 1.54) is 0 Å². The standard InChI is InChI=1S/C12H12BrN3O/c1-7-6-11(16-15-7)14-12(17)9-4-3-5-10(13)8(9)2/h3-6H,1-2H3,(H2,14,15,16,17). The number of rotatable bonds is 2. The summed E-state index contributed by atoms with van der Waals surface area (Å²) in [4.78, 5) is 12.0. The first-order valence-corrected chi connectivity index (χ1v) is 5.95. The van der Waals surface area contributed by atoms with Crippen molar-refractivity contribution in [3.05, 3.63) is 45.6 Å². The largest absolute Gasteiger partial charge is 0.305 e. The Labute approximate surface area is 108 Å². The van der Waals surface area contributed by atoms with Gasteiger partial charge in [0.1, 0.15) is 0 Å². The van der Waals surface area contributed by atoms with E-state index in [-0.39, 0.29) is 5.91 Å². The topological polar surface area (TPSA) is 57.8 Å². The molecule has 0 bridgehead atoms. The molecule has 0 aliphatic rings. The van der Waals surface area contributed by atoms with Gasteiger partial charge in [-0.15, -0.1) is 0 Å². The van der Waals surface area contributed by atoms with Crippen LogP contribution < -0.4 is 5.32 Å². The summed E-state index contributed by atoms with van der Waals surface area (Å²) in [6, 6.07) is 7.31. The Hall–Kier alpha value is -1.62. The first-order chi connectivity index (χ1) is 8.08. The minimum atomic E-state index is -0.157. The van der Waals surface area contributed by atoms with Crippen LogP contribution in [0.4, 0.5) is 5.82 Å². The van der Waals surface area contributed by atoms with E-state index in [4.69, 9.17) is 0 Å². The van der Waals surface area contributed by atoms with Gasteiger partial charge in [-0.05, 0) is 31.5 Å². The zero-order chi connectivity index (χ0) is 12.4. The second-order valence-corrected chi connectivity index (χ2v) is 4.66. The third-order valence-corrected chi connectivity index (χ3v) is 3.32. The second kappa shape index (κ2) is 4.71. The summed E-state index contributed by atoms with van der Waals surface area (Å²) in [7, 11) is 0. The Morgan fingerprint density at radius 1 is 1.41 bits per heavy atom. The highest BCUT2D eigenvalue weighted by Crippen LogP contribution is 2.20. The molecule has 0 radical (unpaired) electrons. The van der Waals surface area contributed by atoms with Crippen molar-refractivity contribution in [2.45, 2.75) is 13.8 Å². The number of hydrogen-bond donors (Lipinski definition) is 2. The summed E-state index contributed by atoms with van der Waals surface area (Å²) < 4.78 is 0.920. The first kappa shape index (κ1) is 11.9. The molecule has 0 saturated carbocycles. The van der Waals surface area contributed by atoms with Gasteiger partial charge in [-0.3, -0.25) is 9.89 Å². The van der Waals surface area contributed by atoms with Crippen molar-refractivity contribution in [1.29, 1.82) is 0 Å². The highest BCUT2D eigenvalue weighted by atomic mass is 79.9. The minimum absolute atomic E-state index is 0.157. The van der Waals surface area contributed by atoms with Gasteiger partial charge in [0.15, 0.2) is 5.82 Å². The Morgan fingerprint density at radius 2 is 2.18 bits per heavy atom. The predicted octanol–water partition coefficient (Wildman–Crippen LogP) is 3.04. The van der Waals surface area contributed by atoms with Crippen molar-refractivity contribution < 1.29 is 4.79 Å². The molecule has 2 rings (SSSR count). The number of halogens is 1. The molecule has 0 aliphatic carbocycles.